The van der Waals surface area contributed by atoms with Crippen molar-refractivity contribution in [2.45, 2.75) is 45.7 Å². The standard InChI is InChI=1S/C19H21F2N/c1-4-14-10-15-12(3)7-11(2)8-16(15)19(22-14)13-5-6-17(20)18(21)9-13/h5-9,14,19,22H,4,10H2,1-3H3. The number of halogens is 2. The lowest BCUT2D eigenvalue weighted by Gasteiger charge is -2.34. The van der Waals surface area contributed by atoms with Gasteiger partial charge >= 0.3 is 0 Å². The van der Waals surface area contributed by atoms with Crippen LogP contribution in [0.3, 0.4) is 0 Å². The van der Waals surface area contributed by atoms with E-state index in [1.165, 1.54) is 34.4 Å². The Kier molecular flexibility index (Phi) is 4.00. The molecule has 1 aliphatic rings. The van der Waals surface area contributed by atoms with E-state index in [0.29, 0.717) is 6.04 Å². The minimum atomic E-state index is -0.799. The molecule has 3 rings (SSSR count). The van der Waals surface area contributed by atoms with Crippen LogP contribution in [0.1, 0.15) is 47.2 Å². The highest BCUT2D eigenvalue weighted by atomic mass is 19.2. The molecule has 2 unspecified atom stereocenters. The monoisotopic (exact) mass is 301 g/mol. The van der Waals surface area contributed by atoms with Crippen molar-refractivity contribution in [1.82, 2.24) is 5.32 Å². The lowest BCUT2D eigenvalue weighted by Crippen LogP contribution is -2.40. The van der Waals surface area contributed by atoms with Crippen molar-refractivity contribution in [3.8, 4) is 0 Å². The van der Waals surface area contributed by atoms with Crippen molar-refractivity contribution in [3.05, 3.63) is 69.8 Å². The van der Waals surface area contributed by atoms with E-state index in [4.69, 9.17) is 0 Å². The molecule has 0 bridgehead atoms. The topological polar surface area (TPSA) is 12.0 Å². The smallest absolute Gasteiger partial charge is 0.159 e. The van der Waals surface area contributed by atoms with E-state index in [9.17, 15) is 8.78 Å². The van der Waals surface area contributed by atoms with Gasteiger partial charge in [0.15, 0.2) is 11.6 Å². The zero-order valence-corrected chi connectivity index (χ0v) is 13.2. The van der Waals surface area contributed by atoms with E-state index in [1.807, 2.05) is 0 Å². The number of benzene rings is 2. The van der Waals surface area contributed by atoms with E-state index >= 15 is 0 Å². The highest BCUT2D eigenvalue weighted by Gasteiger charge is 2.28. The highest BCUT2D eigenvalue weighted by Crippen LogP contribution is 2.34. The molecule has 0 aliphatic carbocycles. The Hall–Kier alpha value is -1.74. The Morgan fingerprint density at radius 3 is 2.55 bits per heavy atom. The van der Waals surface area contributed by atoms with Gasteiger partial charge in [0.05, 0.1) is 6.04 Å². The van der Waals surface area contributed by atoms with Crippen LogP contribution in [0.4, 0.5) is 8.78 Å². The van der Waals surface area contributed by atoms with Gasteiger partial charge in [0.1, 0.15) is 0 Å². The number of nitrogens with one attached hydrogen (secondary N) is 1. The van der Waals surface area contributed by atoms with Crippen LogP contribution in [0.15, 0.2) is 30.3 Å². The summed E-state index contributed by atoms with van der Waals surface area (Å²) in [4.78, 5) is 0. The van der Waals surface area contributed by atoms with E-state index < -0.39 is 11.6 Å². The first-order valence-corrected chi connectivity index (χ1v) is 7.80. The van der Waals surface area contributed by atoms with Gasteiger partial charge in [0.2, 0.25) is 0 Å². The minimum Gasteiger partial charge on any atom is -0.303 e. The second kappa shape index (κ2) is 5.81. The summed E-state index contributed by atoms with van der Waals surface area (Å²) in [7, 11) is 0. The fourth-order valence-corrected chi connectivity index (χ4v) is 3.43. The molecule has 1 N–H and O–H groups in total. The number of fused-ring (bicyclic) bond motifs is 1. The van der Waals surface area contributed by atoms with Crippen molar-refractivity contribution >= 4 is 0 Å². The Labute approximate surface area is 130 Å². The molecule has 1 nitrogen and oxygen atoms in total. The normalized spacial score (nSPS) is 20.8. The van der Waals surface area contributed by atoms with Crippen molar-refractivity contribution in [2.75, 3.05) is 0 Å². The largest absolute Gasteiger partial charge is 0.303 e. The molecule has 116 valence electrons. The third-order valence-electron chi connectivity index (χ3n) is 4.59. The molecular formula is C19H21F2N. The fraction of sp³-hybridized carbons (Fsp3) is 0.368. The first-order chi connectivity index (χ1) is 10.5. The molecule has 0 saturated heterocycles. The third kappa shape index (κ3) is 2.66. The van der Waals surface area contributed by atoms with Gasteiger partial charge in [-0.25, -0.2) is 8.78 Å². The van der Waals surface area contributed by atoms with Crippen LogP contribution in [-0.4, -0.2) is 6.04 Å². The lowest BCUT2D eigenvalue weighted by molar-refractivity contribution is 0.423. The first-order valence-electron chi connectivity index (χ1n) is 7.80. The van der Waals surface area contributed by atoms with Gasteiger partial charge in [-0.15, -0.1) is 0 Å². The molecule has 0 saturated carbocycles. The summed E-state index contributed by atoms with van der Waals surface area (Å²) in [5, 5.41) is 3.59. The molecule has 22 heavy (non-hydrogen) atoms. The van der Waals surface area contributed by atoms with E-state index in [2.05, 4.69) is 38.2 Å². The van der Waals surface area contributed by atoms with Crippen LogP contribution in [0.25, 0.3) is 0 Å². The van der Waals surface area contributed by atoms with Gasteiger partial charge in [-0.1, -0.05) is 30.7 Å². The average Bonchev–Trinajstić information content (AvgIpc) is 2.49. The number of hydrogen-bond donors (Lipinski definition) is 1. The molecule has 2 atom stereocenters. The molecule has 2 aromatic rings. The molecule has 0 spiro atoms. The van der Waals surface area contributed by atoms with Gasteiger partial charge < -0.3 is 5.32 Å². The van der Waals surface area contributed by atoms with Crippen LogP contribution in [-0.2, 0) is 6.42 Å². The maximum absolute atomic E-state index is 13.6. The Morgan fingerprint density at radius 2 is 1.86 bits per heavy atom. The molecular weight excluding hydrogens is 280 g/mol. The van der Waals surface area contributed by atoms with Crippen molar-refractivity contribution in [1.29, 1.82) is 0 Å². The van der Waals surface area contributed by atoms with Crippen molar-refractivity contribution in [2.24, 2.45) is 0 Å². The highest BCUT2D eigenvalue weighted by molar-refractivity contribution is 5.46. The Balaban J connectivity index is 2.13. The van der Waals surface area contributed by atoms with Crippen LogP contribution in [0, 0.1) is 25.5 Å². The molecule has 0 fully saturated rings. The van der Waals surface area contributed by atoms with Crippen LogP contribution in [0.2, 0.25) is 0 Å². The van der Waals surface area contributed by atoms with Crippen LogP contribution < -0.4 is 5.32 Å². The van der Waals surface area contributed by atoms with Gasteiger partial charge in [-0.05, 0) is 61.1 Å². The summed E-state index contributed by atoms with van der Waals surface area (Å²) in [5.74, 6) is -1.59. The molecule has 0 radical (unpaired) electrons. The second-order valence-corrected chi connectivity index (χ2v) is 6.23. The Morgan fingerprint density at radius 1 is 1.09 bits per heavy atom. The van der Waals surface area contributed by atoms with Crippen molar-refractivity contribution in [3.63, 3.8) is 0 Å². The Bertz CT molecular complexity index is 709. The molecule has 1 heterocycles. The predicted molar refractivity (Wildman–Crippen MR) is 85.0 cm³/mol. The van der Waals surface area contributed by atoms with E-state index in [-0.39, 0.29) is 6.04 Å². The molecule has 0 amide bonds. The van der Waals surface area contributed by atoms with Crippen LogP contribution >= 0.6 is 0 Å². The van der Waals surface area contributed by atoms with Gasteiger partial charge in [0.25, 0.3) is 0 Å². The number of hydrogen-bond acceptors (Lipinski definition) is 1. The summed E-state index contributed by atoms with van der Waals surface area (Å²) >= 11 is 0. The number of aryl methyl sites for hydroxylation is 2. The maximum atomic E-state index is 13.6. The molecule has 1 aliphatic heterocycles. The average molecular weight is 301 g/mol. The van der Waals surface area contributed by atoms with Crippen molar-refractivity contribution < 1.29 is 8.78 Å². The molecule has 2 aromatic carbocycles. The van der Waals surface area contributed by atoms with Gasteiger partial charge in [-0.2, -0.15) is 0 Å². The lowest BCUT2D eigenvalue weighted by atomic mass is 9.83. The van der Waals surface area contributed by atoms with Gasteiger partial charge in [-0.3, -0.25) is 0 Å². The van der Waals surface area contributed by atoms with E-state index in [0.717, 1.165) is 18.4 Å². The summed E-state index contributed by atoms with van der Waals surface area (Å²) in [6.07, 6.45) is 1.99. The summed E-state index contributed by atoms with van der Waals surface area (Å²) in [6.45, 7) is 6.35. The zero-order chi connectivity index (χ0) is 15.9. The predicted octanol–water partition coefficient (Wildman–Crippen LogP) is 4.60. The van der Waals surface area contributed by atoms with Crippen LogP contribution in [0.5, 0.6) is 0 Å². The van der Waals surface area contributed by atoms with E-state index in [1.54, 1.807) is 6.07 Å². The maximum Gasteiger partial charge on any atom is 0.159 e. The third-order valence-corrected chi connectivity index (χ3v) is 4.59. The van der Waals surface area contributed by atoms with Gasteiger partial charge in [0, 0.05) is 6.04 Å². The second-order valence-electron chi connectivity index (χ2n) is 6.23. The first kappa shape index (κ1) is 15.2. The molecule has 0 aromatic heterocycles. The fourth-order valence-electron chi connectivity index (χ4n) is 3.43. The summed E-state index contributed by atoms with van der Waals surface area (Å²) in [6, 6.07) is 8.83. The molecule has 3 heteroatoms. The SMILES string of the molecule is CCC1Cc2c(C)cc(C)cc2C(c2ccc(F)c(F)c2)N1. The zero-order valence-electron chi connectivity index (χ0n) is 13.2. The summed E-state index contributed by atoms with van der Waals surface area (Å²) < 4.78 is 26.9. The number of rotatable bonds is 2. The quantitative estimate of drug-likeness (QED) is 0.855. The summed E-state index contributed by atoms with van der Waals surface area (Å²) in [5.41, 5.74) is 5.78. The minimum absolute atomic E-state index is 0.0811.